The topological polar surface area (TPSA) is 0 Å². The van der Waals surface area contributed by atoms with E-state index in [1.807, 2.05) is 0 Å². The van der Waals surface area contributed by atoms with Gasteiger partial charge in [0, 0.05) is 5.38 Å². The van der Waals surface area contributed by atoms with Crippen LogP contribution in [0.4, 0.5) is 0 Å². The van der Waals surface area contributed by atoms with Crippen molar-refractivity contribution in [1.82, 2.24) is 0 Å². The number of alkyl halides is 1. The average Bonchev–Trinajstić information content (AvgIpc) is 2.15. The van der Waals surface area contributed by atoms with Gasteiger partial charge in [0.25, 0.3) is 0 Å². The molecule has 0 nitrogen and oxygen atoms in total. The summed E-state index contributed by atoms with van der Waals surface area (Å²) in [6.45, 7) is 11.9. The normalized spacial score (nSPS) is 32.5. The second-order valence-corrected chi connectivity index (χ2v) is 7.69. The summed E-state index contributed by atoms with van der Waals surface area (Å²) in [6, 6.07) is 0. The molecule has 1 rings (SSSR count). The van der Waals surface area contributed by atoms with Crippen LogP contribution in [-0.2, 0) is 0 Å². The van der Waals surface area contributed by atoms with Crippen LogP contribution in [0.5, 0.6) is 0 Å². The first-order valence-electron chi connectivity index (χ1n) is 7.51. The predicted octanol–water partition coefficient (Wildman–Crippen LogP) is 5.88. The molecule has 1 heteroatoms. The Morgan fingerprint density at radius 2 is 1.94 bits per heavy atom. The van der Waals surface area contributed by atoms with Gasteiger partial charge in [-0.3, -0.25) is 0 Å². The average molecular weight is 259 g/mol. The minimum atomic E-state index is 0.405. The molecule has 1 fully saturated rings. The summed E-state index contributed by atoms with van der Waals surface area (Å²) in [5, 5.41) is 0.405. The maximum atomic E-state index is 6.62. The highest BCUT2D eigenvalue weighted by Gasteiger charge is 2.38. The van der Waals surface area contributed by atoms with Crippen molar-refractivity contribution in [3.05, 3.63) is 0 Å². The fourth-order valence-corrected chi connectivity index (χ4v) is 4.61. The smallest absolute Gasteiger partial charge is 0.0371 e. The second kappa shape index (κ2) is 6.45. The third-order valence-corrected chi connectivity index (χ3v) is 5.18. The van der Waals surface area contributed by atoms with E-state index in [-0.39, 0.29) is 0 Å². The van der Waals surface area contributed by atoms with E-state index in [0.29, 0.717) is 10.8 Å². The molecule has 1 aliphatic carbocycles. The van der Waals surface area contributed by atoms with Gasteiger partial charge in [-0.25, -0.2) is 0 Å². The zero-order valence-corrected chi connectivity index (χ0v) is 13.2. The van der Waals surface area contributed by atoms with Crippen LogP contribution in [-0.4, -0.2) is 5.38 Å². The summed E-state index contributed by atoms with van der Waals surface area (Å²) in [4.78, 5) is 0. The number of rotatable bonds is 5. The molecule has 1 aliphatic rings. The van der Waals surface area contributed by atoms with E-state index in [4.69, 9.17) is 11.6 Å². The zero-order valence-electron chi connectivity index (χ0n) is 12.4. The van der Waals surface area contributed by atoms with Crippen LogP contribution < -0.4 is 0 Å². The van der Waals surface area contributed by atoms with Gasteiger partial charge in [-0.05, 0) is 42.4 Å². The van der Waals surface area contributed by atoms with Crippen molar-refractivity contribution in [2.24, 2.45) is 23.2 Å². The lowest BCUT2D eigenvalue weighted by Gasteiger charge is -2.43. The van der Waals surface area contributed by atoms with Crippen molar-refractivity contribution >= 4 is 11.6 Å². The molecule has 0 saturated heterocycles. The van der Waals surface area contributed by atoms with E-state index >= 15 is 0 Å². The monoisotopic (exact) mass is 258 g/mol. The lowest BCUT2D eigenvalue weighted by atomic mass is 9.65. The summed E-state index contributed by atoms with van der Waals surface area (Å²) in [6.07, 6.45) is 7.93. The van der Waals surface area contributed by atoms with Crippen molar-refractivity contribution < 1.29 is 0 Å². The Morgan fingerprint density at radius 3 is 2.47 bits per heavy atom. The Bertz CT molecular complexity index is 222. The molecule has 0 amide bonds. The molecule has 0 radical (unpaired) electrons. The fraction of sp³-hybridized carbons (Fsp3) is 1.00. The molecule has 102 valence electrons. The molecule has 1 saturated carbocycles. The molecule has 4 atom stereocenters. The van der Waals surface area contributed by atoms with Gasteiger partial charge in [0.05, 0.1) is 0 Å². The van der Waals surface area contributed by atoms with Crippen LogP contribution in [0, 0.1) is 23.2 Å². The lowest BCUT2D eigenvalue weighted by Crippen LogP contribution is -2.36. The van der Waals surface area contributed by atoms with E-state index in [0.717, 1.165) is 17.8 Å². The third-order valence-electron chi connectivity index (χ3n) is 4.69. The summed E-state index contributed by atoms with van der Waals surface area (Å²) >= 11 is 6.62. The fourth-order valence-electron chi connectivity index (χ4n) is 3.84. The standard InChI is InChI=1S/C16H31Cl/c1-6-7-13(3)11-16(4,5)14-9-8-12(2)10-15(14)17/h12-15H,6-11H2,1-5H3. The van der Waals surface area contributed by atoms with Crippen LogP contribution >= 0.6 is 11.6 Å². The molecule has 0 aliphatic heterocycles. The van der Waals surface area contributed by atoms with E-state index < -0.39 is 0 Å². The second-order valence-electron chi connectivity index (χ2n) is 7.13. The SMILES string of the molecule is CCCC(C)CC(C)(C)C1CCC(C)CC1Cl. The molecule has 0 aromatic heterocycles. The van der Waals surface area contributed by atoms with Crippen molar-refractivity contribution in [3.63, 3.8) is 0 Å². The van der Waals surface area contributed by atoms with E-state index in [1.165, 1.54) is 38.5 Å². The van der Waals surface area contributed by atoms with Crippen molar-refractivity contribution in [2.45, 2.75) is 78.5 Å². The maximum absolute atomic E-state index is 6.62. The molecule has 17 heavy (non-hydrogen) atoms. The molecule has 0 aromatic carbocycles. The molecule has 0 N–H and O–H groups in total. The quantitative estimate of drug-likeness (QED) is 0.540. The maximum Gasteiger partial charge on any atom is 0.0371 e. The Labute approximate surface area is 114 Å². The summed E-state index contributed by atoms with van der Waals surface area (Å²) in [5.41, 5.74) is 0.418. The first-order chi connectivity index (χ1) is 7.86. The molecular weight excluding hydrogens is 228 g/mol. The molecule has 0 bridgehead atoms. The molecule has 4 unspecified atom stereocenters. The van der Waals surface area contributed by atoms with Crippen LogP contribution in [0.15, 0.2) is 0 Å². The lowest BCUT2D eigenvalue weighted by molar-refractivity contribution is 0.112. The molecule has 0 aromatic rings. The van der Waals surface area contributed by atoms with Gasteiger partial charge in [0.15, 0.2) is 0 Å². The molecular formula is C16H31Cl. The van der Waals surface area contributed by atoms with Gasteiger partial charge in [-0.15, -0.1) is 11.6 Å². The highest BCUT2D eigenvalue weighted by atomic mass is 35.5. The highest BCUT2D eigenvalue weighted by Crippen LogP contribution is 2.46. The Hall–Kier alpha value is 0.290. The van der Waals surface area contributed by atoms with Gasteiger partial charge in [0.2, 0.25) is 0 Å². The zero-order chi connectivity index (χ0) is 13.1. The van der Waals surface area contributed by atoms with E-state index in [9.17, 15) is 0 Å². The first-order valence-corrected chi connectivity index (χ1v) is 7.94. The van der Waals surface area contributed by atoms with Gasteiger partial charge in [-0.1, -0.05) is 53.9 Å². The van der Waals surface area contributed by atoms with Gasteiger partial charge in [0.1, 0.15) is 0 Å². The highest BCUT2D eigenvalue weighted by molar-refractivity contribution is 6.20. The van der Waals surface area contributed by atoms with Gasteiger partial charge in [-0.2, -0.15) is 0 Å². The third kappa shape index (κ3) is 4.47. The summed E-state index contributed by atoms with van der Waals surface area (Å²) in [7, 11) is 0. The number of hydrogen-bond donors (Lipinski definition) is 0. The Balaban J connectivity index is 2.56. The van der Waals surface area contributed by atoms with Crippen LogP contribution in [0.25, 0.3) is 0 Å². The first kappa shape index (κ1) is 15.3. The Kier molecular flexibility index (Phi) is 5.83. The van der Waals surface area contributed by atoms with Crippen LogP contribution in [0.3, 0.4) is 0 Å². The summed E-state index contributed by atoms with van der Waals surface area (Å²) < 4.78 is 0. The Morgan fingerprint density at radius 1 is 1.29 bits per heavy atom. The van der Waals surface area contributed by atoms with Gasteiger partial charge >= 0.3 is 0 Å². The largest absolute Gasteiger partial charge is 0.123 e. The minimum absolute atomic E-state index is 0.405. The van der Waals surface area contributed by atoms with Crippen LogP contribution in [0.1, 0.15) is 73.1 Å². The number of hydrogen-bond acceptors (Lipinski definition) is 0. The molecule has 0 spiro atoms. The van der Waals surface area contributed by atoms with Crippen molar-refractivity contribution in [3.8, 4) is 0 Å². The van der Waals surface area contributed by atoms with Gasteiger partial charge < -0.3 is 0 Å². The van der Waals surface area contributed by atoms with Crippen LogP contribution in [0.2, 0.25) is 0 Å². The minimum Gasteiger partial charge on any atom is -0.123 e. The summed E-state index contributed by atoms with van der Waals surface area (Å²) in [5.74, 6) is 2.40. The number of halogens is 1. The van der Waals surface area contributed by atoms with Crippen molar-refractivity contribution in [1.29, 1.82) is 0 Å². The van der Waals surface area contributed by atoms with Crippen molar-refractivity contribution in [2.75, 3.05) is 0 Å². The predicted molar refractivity (Wildman–Crippen MR) is 78.6 cm³/mol. The van der Waals surface area contributed by atoms with E-state index in [1.54, 1.807) is 0 Å². The molecule has 0 heterocycles. The van der Waals surface area contributed by atoms with E-state index in [2.05, 4.69) is 34.6 Å².